The zero-order valence-electron chi connectivity index (χ0n) is 13.4. The average Bonchev–Trinajstić information content (AvgIpc) is 2.79. The van der Waals surface area contributed by atoms with E-state index in [1.165, 1.54) is 13.1 Å². The first-order valence-corrected chi connectivity index (χ1v) is 8.02. The maximum absolute atomic E-state index is 13.1. The third-order valence-electron chi connectivity index (χ3n) is 5.31. The maximum atomic E-state index is 13.1. The third kappa shape index (κ3) is 2.17. The van der Waals surface area contributed by atoms with E-state index < -0.39 is 17.8 Å². The van der Waals surface area contributed by atoms with Gasteiger partial charge in [-0.1, -0.05) is 0 Å². The molecule has 0 aliphatic heterocycles. The van der Waals surface area contributed by atoms with Crippen LogP contribution in [0, 0.1) is 12.8 Å². The number of aliphatic hydroxyl groups excluding tert-OH is 1. The molecule has 5 rings (SSSR count). The first kappa shape index (κ1) is 15.6. The summed E-state index contributed by atoms with van der Waals surface area (Å²) in [5.41, 5.74) is -0.0546. The zero-order chi connectivity index (χ0) is 17.3. The van der Waals surface area contributed by atoms with Crippen LogP contribution in [0.25, 0.3) is 11.3 Å². The summed E-state index contributed by atoms with van der Waals surface area (Å²) in [6, 6.07) is 1.09. The lowest BCUT2D eigenvalue weighted by Crippen LogP contribution is -2.59. The minimum Gasteiger partial charge on any atom is -0.385 e. The van der Waals surface area contributed by atoms with Gasteiger partial charge in [0.25, 0.3) is 0 Å². The van der Waals surface area contributed by atoms with Crippen molar-refractivity contribution in [2.75, 3.05) is 0 Å². The number of hydrogen-bond acceptors (Lipinski definition) is 3. The number of imidazole rings is 1. The predicted molar refractivity (Wildman–Crippen MR) is 81.1 cm³/mol. The van der Waals surface area contributed by atoms with Gasteiger partial charge in [0.2, 0.25) is 0 Å². The molecule has 2 aromatic heterocycles. The fourth-order valence-electron chi connectivity index (χ4n) is 3.90. The Kier molecular flexibility index (Phi) is 3.13. The first-order valence-electron chi connectivity index (χ1n) is 8.02. The molecule has 3 fully saturated rings. The van der Waals surface area contributed by atoms with Crippen LogP contribution in [0.5, 0.6) is 0 Å². The van der Waals surface area contributed by atoms with Crippen LogP contribution in [-0.2, 0) is 11.7 Å². The summed E-state index contributed by atoms with van der Waals surface area (Å²) in [7, 11) is 0. The van der Waals surface area contributed by atoms with Gasteiger partial charge in [-0.05, 0) is 45.1 Å². The van der Waals surface area contributed by atoms with Crippen molar-refractivity contribution in [2.45, 2.75) is 50.9 Å². The van der Waals surface area contributed by atoms with Gasteiger partial charge in [0.05, 0.1) is 11.3 Å². The second kappa shape index (κ2) is 4.81. The van der Waals surface area contributed by atoms with E-state index in [-0.39, 0.29) is 11.2 Å². The Labute approximate surface area is 137 Å². The van der Waals surface area contributed by atoms with E-state index in [9.17, 15) is 18.3 Å². The molecule has 3 saturated carbocycles. The Hall–Kier alpha value is -1.89. The van der Waals surface area contributed by atoms with Gasteiger partial charge < -0.3 is 9.67 Å². The van der Waals surface area contributed by atoms with E-state index in [1.807, 2.05) is 4.57 Å². The number of aliphatic hydroxyl groups is 1. The molecule has 3 aliphatic carbocycles. The van der Waals surface area contributed by atoms with Crippen LogP contribution in [0.15, 0.2) is 18.5 Å². The number of aryl methyl sites for hydroxylation is 1. The van der Waals surface area contributed by atoms with Gasteiger partial charge in [0.15, 0.2) is 0 Å². The predicted octanol–water partition coefficient (Wildman–Crippen LogP) is 3.83. The van der Waals surface area contributed by atoms with Crippen LogP contribution < -0.4 is 0 Å². The molecular weight excluding hydrogens is 319 g/mol. The first-order chi connectivity index (χ1) is 11.2. The van der Waals surface area contributed by atoms with Crippen LogP contribution >= 0.6 is 0 Å². The molecule has 0 spiro atoms. The number of rotatable bonds is 3. The standard InChI is InChI=1S/C17H18F3N3O/c1-9-13(17(18,19)20)3-12(7-21-9)14-8-23(15(22-14)10(2)24)16-4-11(5-16)6-16/h3,7-8,10-11,24H,4-6H2,1-2H3/t10-,11?,16?/m0/s1. The fraction of sp³-hybridized carbons (Fsp3) is 0.529. The van der Waals surface area contributed by atoms with Crippen LogP contribution in [0.4, 0.5) is 13.2 Å². The quantitative estimate of drug-likeness (QED) is 0.926. The monoisotopic (exact) mass is 337 g/mol. The van der Waals surface area contributed by atoms with E-state index in [0.29, 0.717) is 17.1 Å². The minimum atomic E-state index is -4.45. The fourth-order valence-corrected chi connectivity index (χ4v) is 3.90. The zero-order valence-corrected chi connectivity index (χ0v) is 13.4. The topological polar surface area (TPSA) is 50.9 Å². The molecular formula is C17H18F3N3O. The van der Waals surface area contributed by atoms with E-state index in [1.54, 1.807) is 13.1 Å². The van der Waals surface area contributed by atoms with Crippen molar-refractivity contribution in [2.24, 2.45) is 5.92 Å². The van der Waals surface area contributed by atoms with Crippen LogP contribution in [0.2, 0.25) is 0 Å². The normalized spacial score (nSPS) is 26.7. The SMILES string of the molecule is Cc1ncc(-c2cn(C34CC(C3)C4)c([C@H](C)O)n2)cc1C(F)(F)F. The van der Waals surface area contributed by atoms with Gasteiger partial charge in [-0.3, -0.25) is 4.98 Å². The minimum absolute atomic E-state index is 0.00717. The molecule has 1 atom stereocenters. The third-order valence-corrected chi connectivity index (χ3v) is 5.31. The second-order valence-electron chi connectivity index (χ2n) is 7.09. The van der Waals surface area contributed by atoms with Crippen LogP contribution in [-0.4, -0.2) is 19.6 Å². The molecule has 1 N–H and O–H groups in total. The summed E-state index contributed by atoms with van der Waals surface area (Å²) < 4.78 is 41.3. The molecule has 2 aromatic rings. The summed E-state index contributed by atoms with van der Waals surface area (Å²) in [5.74, 6) is 1.26. The van der Waals surface area contributed by atoms with Gasteiger partial charge in [0.1, 0.15) is 11.9 Å². The lowest BCUT2D eigenvalue weighted by Gasteiger charge is -2.62. The molecule has 2 heterocycles. The highest BCUT2D eigenvalue weighted by atomic mass is 19.4. The van der Waals surface area contributed by atoms with Crippen molar-refractivity contribution in [1.82, 2.24) is 14.5 Å². The Morgan fingerprint density at radius 2 is 2.00 bits per heavy atom. The molecule has 2 bridgehead atoms. The molecule has 0 aromatic carbocycles. The highest BCUT2D eigenvalue weighted by Gasteiger charge is 2.58. The number of alkyl halides is 3. The smallest absolute Gasteiger partial charge is 0.385 e. The number of pyridine rings is 1. The molecule has 0 unspecified atom stereocenters. The van der Waals surface area contributed by atoms with E-state index in [2.05, 4.69) is 9.97 Å². The molecule has 128 valence electrons. The number of hydrogen-bond donors (Lipinski definition) is 1. The number of nitrogens with zero attached hydrogens (tertiary/aromatic N) is 3. The van der Waals surface area contributed by atoms with E-state index in [0.717, 1.165) is 31.2 Å². The molecule has 0 radical (unpaired) electrons. The molecule has 7 heteroatoms. The Morgan fingerprint density at radius 1 is 1.33 bits per heavy atom. The lowest BCUT2D eigenvalue weighted by molar-refractivity contribution is -0.138. The van der Waals surface area contributed by atoms with Crippen molar-refractivity contribution in [3.63, 3.8) is 0 Å². The average molecular weight is 337 g/mol. The largest absolute Gasteiger partial charge is 0.418 e. The number of halogens is 3. The van der Waals surface area contributed by atoms with Crippen LogP contribution in [0.3, 0.4) is 0 Å². The highest BCUT2D eigenvalue weighted by Crippen LogP contribution is 2.63. The van der Waals surface area contributed by atoms with E-state index >= 15 is 0 Å². The van der Waals surface area contributed by atoms with Gasteiger partial charge in [0, 0.05) is 29.2 Å². The van der Waals surface area contributed by atoms with Gasteiger partial charge in [-0.25, -0.2) is 4.98 Å². The van der Waals surface area contributed by atoms with Crippen molar-refractivity contribution in [3.8, 4) is 11.3 Å². The Morgan fingerprint density at radius 3 is 2.50 bits per heavy atom. The highest BCUT2D eigenvalue weighted by molar-refractivity contribution is 5.59. The molecule has 0 saturated heterocycles. The van der Waals surface area contributed by atoms with Crippen LogP contribution in [0.1, 0.15) is 49.4 Å². The van der Waals surface area contributed by atoms with Gasteiger partial charge in [-0.15, -0.1) is 0 Å². The molecule has 4 nitrogen and oxygen atoms in total. The Bertz CT molecular complexity index is 793. The van der Waals surface area contributed by atoms with Crippen molar-refractivity contribution >= 4 is 0 Å². The maximum Gasteiger partial charge on any atom is 0.418 e. The second-order valence-corrected chi connectivity index (χ2v) is 7.09. The molecule has 3 aliphatic rings. The van der Waals surface area contributed by atoms with Crippen molar-refractivity contribution in [3.05, 3.63) is 35.5 Å². The summed E-state index contributed by atoms with van der Waals surface area (Å²) in [6.45, 7) is 2.97. The molecule has 0 amide bonds. The number of aromatic nitrogens is 3. The van der Waals surface area contributed by atoms with Gasteiger partial charge >= 0.3 is 6.18 Å². The molecule has 24 heavy (non-hydrogen) atoms. The summed E-state index contributed by atoms with van der Waals surface area (Å²) in [4.78, 5) is 8.29. The van der Waals surface area contributed by atoms with Crippen molar-refractivity contribution < 1.29 is 18.3 Å². The summed E-state index contributed by atoms with van der Waals surface area (Å²) in [6.07, 6.45) is 1.13. The Balaban J connectivity index is 1.79. The van der Waals surface area contributed by atoms with E-state index in [4.69, 9.17) is 0 Å². The summed E-state index contributed by atoms with van der Waals surface area (Å²) >= 11 is 0. The van der Waals surface area contributed by atoms with Crippen molar-refractivity contribution in [1.29, 1.82) is 0 Å². The summed E-state index contributed by atoms with van der Waals surface area (Å²) in [5, 5.41) is 10.0. The van der Waals surface area contributed by atoms with Gasteiger partial charge in [-0.2, -0.15) is 13.2 Å². The lowest BCUT2D eigenvalue weighted by atomic mass is 9.49.